The van der Waals surface area contributed by atoms with E-state index in [1.54, 1.807) is 11.3 Å². The number of hydrogen-bond acceptors (Lipinski definition) is 7. The number of hydrogen-bond donors (Lipinski definition) is 3. The SMILES string of the molecule is CNc1nc(C)c(-c2nc3ccccc3s2)c(NC2CCC(CO)C2)n1. The average Bonchev–Trinajstić information content (AvgIpc) is 3.27. The van der Waals surface area contributed by atoms with Gasteiger partial charge in [-0.15, -0.1) is 11.3 Å². The minimum absolute atomic E-state index is 0.257. The summed E-state index contributed by atoms with van der Waals surface area (Å²) in [6, 6.07) is 8.48. The van der Waals surface area contributed by atoms with Gasteiger partial charge in [0.2, 0.25) is 5.95 Å². The summed E-state index contributed by atoms with van der Waals surface area (Å²) in [6.07, 6.45) is 3.06. The average molecular weight is 369 g/mol. The van der Waals surface area contributed by atoms with Crippen LogP contribution in [0, 0.1) is 12.8 Å². The Labute approximate surface area is 156 Å². The molecule has 26 heavy (non-hydrogen) atoms. The van der Waals surface area contributed by atoms with E-state index < -0.39 is 0 Å². The van der Waals surface area contributed by atoms with E-state index in [9.17, 15) is 5.11 Å². The highest BCUT2D eigenvalue weighted by Gasteiger charge is 2.26. The van der Waals surface area contributed by atoms with E-state index in [-0.39, 0.29) is 6.61 Å². The number of aryl methyl sites for hydroxylation is 1. The molecule has 0 aliphatic heterocycles. The topological polar surface area (TPSA) is 83.0 Å². The highest BCUT2D eigenvalue weighted by Crippen LogP contribution is 2.37. The number of benzene rings is 1. The number of aliphatic hydroxyl groups excluding tert-OH is 1. The quantitative estimate of drug-likeness (QED) is 0.636. The normalized spacial score (nSPS) is 19.8. The second-order valence-electron chi connectivity index (χ2n) is 6.80. The van der Waals surface area contributed by atoms with Crippen molar-refractivity contribution in [2.75, 3.05) is 24.3 Å². The zero-order chi connectivity index (χ0) is 18.1. The fraction of sp³-hybridized carbons (Fsp3) is 0.421. The Morgan fingerprint density at radius 2 is 2.04 bits per heavy atom. The number of rotatable bonds is 5. The van der Waals surface area contributed by atoms with Crippen molar-refractivity contribution in [1.29, 1.82) is 0 Å². The maximum Gasteiger partial charge on any atom is 0.224 e. The Morgan fingerprint density at radius 3 is 2.77 bits per heavy atom. The fourth-order valence-electron chi connectivity index (χ4n) is 3.59. The van der Waals surface area contributed by atoms with Crippen LogP contribution >= 0.6 is 11.3 Å². The molecule has 136 valence electrons. The van der Waals surface area contributed by atoms with Gasteiger partial charge in [0, 0.05) is 19.7 Å². The summed E-state index contributed by atoms with van der Waals surface area (Å²) >= 11 is 1.66. The maximum atomic E-state index is 9.42. The van der Waals surface area contributed by atoms with Crippen LogP contribution in [0.5, 0.6) is 0 Å². The Morgan fingerprint density at radius 1 is 1.19 bits per heavy atom. The van der Waals surface area contributed by atoms with Crippen LogP contribution in [-0.2, 0) is 0 Å². The first-order valence-electron chi connectivity index (χ1n) is 8.97. The molecule has 6 nitrogen and oxygen atoms in total. The number of fused-ring (bicyclic) bond motifs is 1. The third kappa shape index (κ3) is 3.24. The molecule has 2 aromatic heterocycles. The minimum Gasteiger partial charge on any atom is -0.396 e. The zero-order valence-electron chi connectivity index (χ0n) is 15.0. The number of thiazole rings is 1. The van der Waals surface area contributed by atoms with E-state index in [2.05, 4.69) is 26.7 Å². The van der Waals surface area contributed by atoms with Gasteiger partial charge in [0.15, 0.2) is 0 Å². The molecular formula is C19H23N5OS. The number of anilines is 2. The van der Waals surface area contributed by atoms with E-state index in [1.807, 2.05) is 32.2 Å². The van der Waals surface area contributed by atoms with Crippen LogP contribution in [-0.4, -0.2) is 39.8 Å². The van der Waals surface area contributed by atoms with Crippen molar-refractivity contribution < 1.29 is 5.11 Å². The Hall–Kier alpha value is -2.25. The van der Waals surface area contributed by atoms with Crippen LogP contribution in [0.4, 0.5) is 11.8 Å². The third-order valence-corrected chi connectivity index (χ3v) is 6.02. The molecular weight excluding hydrogens is 346 g/mol. The highest BCUT2D eigenvalue weighted by molar-refractivity contribution is 7.21. The first-order valence-corrected chi connectivity index (χ1v) is 9.79. The summed E-state index contributed by atoms with van der Waals surface area (Å²) in [5, 5.41) is 17.0. The van der Waals surface area contributed by atoms with Crippen molar-refractivity contribution in [3.63, 3.8) is 0 Å². The number of para-hydroxylation sites is 1. The Bertz CT molecular complexity index is 892. The minimum atomic E-state index is 0.257. The molecule has 0 spiro atoms. The monoisotopic (exact) mass is 369 g/mol. The second-order valence-corrected chi connectivity index (χ2v) is 7.83. The zero-order valence-corrected chi connectivity index (χ0v) is 15.8. The van der Waals surface area contributed by atoms with Crippen LogP contribution in [0.25, 0.3) is 20.8 Å². The summed E-state index contributed by atoms with van der Waals surface area (Å²) in [5.74, 6) is 1.81. The molecule has 4 rings (SSSR count). The van der Waals surface area contributed by atoms with Gasteiger partial charge in [0.05, 0.1) is 21.5 Å². The largest absolute Gasteiger partial charge is 0.396 e. The standard InChI is InChI=1S/C19H23N5OS/c1-11-16(18-23-14-5-3-4-6-15(14)26-18)17(24-19(20-2)21-11)22-13-8-7-12(9-13)10-25/h3-6,12-13,25H,7-10H2,1-2H3,(H2,20,21,22,24). The smallest absolute Gasteiger partial charge is 0.224 e. The third-order valence-electron chi connectivity index (χ3n) is 4.96. The summed E-state index contributed by atoms with van der Waals surface area (Å²) in [4.78, 5) is 14.1. The molecule has 3 aromatic rings. The Balaban J connectivity index is 1.75. The fourth-order valence-corrected chi connectivity index (χ4v) is 4.65. The summed E-state index contributed by atoms with van der Waals surface area (Å²) in [6.45, 7) is 2.26. The number of nitrogens with zero attached hydrogens (tertiary/aromatic N) is 3. The van der Waals surface area contributed by atoms with Gasteiger partial charge in [-0.3, -0.25) is 0 Å². The lowest BCUT2D eigenvalue weighted by Gasteiger charge is -2.18. The van der Waals surface area contributed by atoms with Gasteiger partial charge in [-0.25, -0.2) is 9.97 Å². The molecule has 3 N–H and O–H groups in total. The molecule has 1 aliphatic carbocycles. The van der Waals surface area contributed by atoms with Crippen molar-refractivity contribution in [3.8, 4) is 10.6 Å². The molecule has 1 fully saturated rings. The van der Waals surface area contributed by atoms with Crippen molar-refractivity contribution in [1.82, 2.24) is 15.0 Å². The predicted octanol–water partition coefficient (Wildman–Crippen LogP) is 3.68. The number of aliphatic hydroxyl groups is 1. The van der Waals surface area contributed by atoms with Crippen LogP contribution in [0.15, 0.2) is 24.3 Å². The molecule has 2 unspecified atom stereocenters. The summed E-state index contributed by atoms with van der Waals surface area (Å²) < 4.78 is 1.16. The molecule has 1 aliphatic rings. The van der Waals surface area contributed by atoms with Crippen LogP contribution in [0.3, 0.4) is 0 Å². The lowest BCUT2D eigenvalue weighted by molar-refractivity contribution is 0.229. The van der Waals surface area contributed by atoms with Crippen LogP contribution < -0.4 is 10.6 Å². The van der Waals surface area contributed by atoms with E-state index in [1.165, 1.54) is 0 Å². The van der Waals surface area contributed by atoms with Crippen molar-refractivity contribution >= 4 is 33.3 Å². The van der Waals surface area contributed by atoms with Gasteiger partial charge in [-0.1, -0.05) is 12.1 Å². The van der Waals surface area contributed by atoms with Gasteiger partial charge in [0.25, 0.3) is 0 Å². The van der Waals surface area contributed by atoms with Gasteiger partial charge in [-0.05, 0) is 44.2 Å². The summed E-state index contributed by atoms with van der Waals surface area (Å²) in [5.41, 5.74) is 2.87. The van der Waals surface area contributed by atoms with Gasteiger partial charge in [-0.2, -0.15) is 4.98 Å². The van der Waals surface area contributed by atoms with Gasteiger partial charge in [0.1, 0.15) is 10.8 Å². The molecule has 1 saturated carbocycles. The first-order chi connectivity index (χ1) is 12.7. The molecule has 0 bridgehead atoms. The Kier molecular flexibility index (Phi) is 4.74. The molecule has 0 saturated heterocycles. The molecule has 0 radical (unpaired) electrons. The molecule has 2 atom stereocenters. The lowest BCUT2D eigenvalue weighted by Crippen LogP contribution is -2.19. The van der Waals surface area contributed by atoms with Crippen molar-refractivity contribution in [2.24, 2.45) is 5.92 Å². The van der Waals surface area contributed by atoms with Crippen molar-refractivity contribution in [3.05, 3.63) is 30.0 Å². The molecule has 0 amide bonds. The lowest BCUT2D eigenvalue weighted by atomic mass is 10.1. The van der Waals surface area contributed by atoms with E-state index in [4.69, 9.17) is 4.98 Å². The molecule has 7 heteroatoms. The summed E-state index contributed by atoms with van der Waals surface area (Å²) in [7, 11) is 1.83. The number of nitrogens with one attached hydrogen (secondary N) is 2. The molecule has 2 heterocycles. The number of aromatic nitrogens is 3. The maximum absolute atomic E-state index is 9.42. The highest BCUT2D eigenvalue weighted by atomic mass is 32.1. The van der Waals surface area contributed by atoms with E-state index in [0.717, 1.165) is 51.6 Å². The second kappa shape index (κ2) is 7.17. The van der Waals surface area contributed by atoms with Gasteiger partial charge < -0.3 is 15.7 Å². The first kappa shape index (κ1) is 17.2. The van der Waals surface area contributed by atoms with Crippen LogP contribution in [0.1, 0.15) is 25.0 Å². The van der Waals surface area contributed by atoms with E-state index in [0.29, 0.717) is 17.9 Å². The predicted molar refractivity (Wildman–Crippen MR) is 107 cm³/mol. The van der Waals surface area contributed by atoms with Crippen molar-refractivity contribution in [2.45, 2.75) is 32.2 Å². The van der Waals surface area contributed by atoms with E-state index >= 15 is 0 Å². The van der Waals surface area contributed by atoms with Crippen LogP contribution in [0.2, 0.25) is 0 Å². The van der Waals surface area contributed by atoms with Gasteiger partial charge >= 0.3 is 0 Å². The molecule has 1 aromatic carbocycles.